The molecule has 5 heterocycles. The fraction of sp³-hybridized carbons (Fsp3) is 0. The fourth-order valence-corrected chi connectivity index (χ4v) is 9.39. The smallest absolute Gasteiger partial charge is 0.135 e. The molecule has 5 nitrogen and oxygen atoms in total. The van der Waals surface area contributed by atoms with Gasteiger partial charge in [-0.25, -0.2) is 0 Å². The molecule has 0 saturated carbocycles. The summed E-state index contributed by atoms with van der Waals surface area (Å²) in [4.78, 5) is 5.00. The molecule has 0 N–H and O–H groups in total. The van der Waals surface area contributed by atoms with Crippen LogP contribution < -0.4 is 0 Å². The summed E-state index contributed by atoms with van der Waals surface area (Å²) in [5.74, 6) is 0. The lowest BCUT2D eigenvalue weighted by molar-refractivity contribution is 0.668. The van der Waals surface area contributed by atoms with Crippen LogP contribution >= 0.6 is 0 Å². The van der Waals surface area contributed by atoms with Gasteiger partial charge in [0.05, 0.1) is 27.8 Å². The van der Waals surface area contributed by atoms with Crippen LogP contribution in [0.5, 0.6) is 0 Å². The van der Waals surface area contributed by atoms with Crippen molar-refractivity contribution < 1.29 is 8.83 Å². The molecule has 13 rings (SSSR count). The third-order valence-electron chi connectivity index (χ3n) is 12.0. The summed E-state index contributed by atoms with van der Waals surface area (Å²) in [7, 11) is 0. The van der Waals surface area contributed by atoms with E-state index in [2.05, 4.69) is 185 Å². The third-order valence-corrected chi connectivity index (χ3v) is 12.0. The van der Waals surface area contributed by atoms with E-state index in [1.54, 1.807) is 0 Å². The molecule has 8 aromatic carbocycles. The summed E-state index contributed by atoms with van der Waals surface area (Å²) < 4.78 is 17.6. The second-order valence-corrected chi connectivity index (χ2v) is 15.1. The molecule has 0 amide bonds. The minimum absolute atomic E-state index is 0.848. The van der Waals surface area contributed by atoms with Crippen molar-refractivity contribution in [2.24, 2.45) is 0 Å². The van der Waals surface area contributed by atoms with Gasteiger partial charge in [0, 0.05) is 71.8 Å². The van der Waals surface area contributed by atoms with Gasteiger partial charge < -0.3 is 18.0 Å². The zero-order valence-electron chi connectivity index (χ0n) is 31.1. The summed E-state index contributed by atoms with van der Waals surface area (Å²) in [5.41, 5.74) is 14.4. The molecule has 0 spiro atoms. The Bertz CT molecular complexity index is 3460. The first-order chi connectivity index (χ1) is 28.7. The molecule has 270 valence electrons. The van der Waals surface area contributed by atoms with Gasteiger partial charge in [-0.2, -0.15) is 0 Å². The van der Waals surface area contributed by atoms with Crippen molar-refractivity contribution >= 4 is 87.5 Å². The van der Waals surface area contributed by atoms with Crippen LogP contribution in [0.4, 0.5) is 0 Å². The molecular formula is C53H31N3O2. The number of rotatable bonds is 4. The SMILES string of the molecule is c1cnc(-c2ccc3oc4ccc(-n5c6ccccc6c6ccccc65)cc4c3c2)c(-c2ccc3oc4ccc(-n5c6ccccc6c6ccccc65)cc4c3c2)c1. The quantitative estimate of drug-likeness (QED) is 0.180. The Morgan fingerprint density at radius 2 is 0.724 bits per heavy atom. The summed E-state index contributed by atoms with van der Waals surface area (Å²) in [5, 5.41) is 9.24. The molecule has 0 aliphatic heterocycles. The number of hydrogen-bond donors (Lipinski definition) is 0. The van der Waals surface area contributed by atoms with Crippen LogP contribution in [-0.4, -0.2) is 14.1 Å². The number of furan rings is 2. The molecule has 13 aromatic rings. The van der Waals surface area contributed by atoms with E-state index in [4.69, 9.17) is 13.8 Å². The maximum Gasteiger partial charge on any atom is 0.135 e. The highest BCUT2D eigenvalue weighted by Gasteiger charge is 2.18. The summed E-state index contributed by atoms with van der Waals surface area (Å²) >= 11 is 0. The van der Waals surface area contributed by atoms with Gasteiger partial charge >= 0.3 is 0 Å². The lowest BCUT2D eigenvalue weighted by Crippen LogP contribution is -1.93. The Kier molecular flexibility index (Phi) is 6.38. The second kappa shape index (κ2) is 11.8. The number of aromatic nitrogens is 3. The van der Waals surface area contributed by atoms with E-state index >= 15 is 0 Å². The average molecular weight is 742 g/mol. The van der Waals surface area contributed by atoms with Gasteiger partial charge in [0.25, 0.3) is 0 Å². The lowest BCUT2D eigenvalue weighted by atomic mass is 9.97. The van der Waals surface area contributed by atoms with Crippen LogP contribution in [0.2, 0.25) is 0 Å². The first-order valence-corrected chi connectivity index (χ1v) is 19.6. The summed E-state index contributed by atoms with van der Waals surface area (Å²) in [6.45, 7) is 0. The standard InChI is InChI=1S/C53H31N3O2/c1-5-15-45-37(10-1)38-11-2-6-16-46(38)55(45)34-21-25-51-43(30-34)41-28-32(19-23-49(41)57-51)36-14-9-27-54-53(36)33-20-24-50-42(29-33)44-31-35(22-26-52(44)58-50)56-47-17-7-3-12-39(47)40-13-4-8-18-48(40)56/h1-31H. The van der Waals surface area contributed by atoms with Gasteiger partial charge in [-0.15, -0.1) is 0 Å². The number of hydrogen-bond acceptors (Lipinski definition) is 3. The Hall–Kier alpha value is -7.89. The van der Waals surface area contributed by atoms with Gasteiger partial charge in [-0.05, 0) is 103 Å². The van der Waals surface area contributed by atoms with Crippen LogP contribution in [0.1, 0.15) is 0 Å². The summed E-state index contributed by atoms with van der Waals surface area (Å²) in [6, 6.07) is 64.6. The van der Waals surface area contributed by atoms with Crippen molar-refractivity contribution in [2.75, 3.05) is 0 Å². The van der Waals surface area contributed by atoms with Crippen molar-refractivity contribution in [2.45, 2.75) is 0 Å². The van der Waals surface area contributed by atoms with E-state index in [0.717, 1.165) is 77.6 Å². The molecular weight excluding hydrogens is 711 g/mol. The fourth-order valence-electron chi connectivity index (χ4n) is 9.39. The Morgan fingerprint density at radius 1 is 0.328 bits per heavy atom. The van der Waals surface area contributed by atoms with E-state index in [1.165, 1.54) is 43.6 Å². The lowest BCUT2D eigenvalue weighted by Gasteiger charge is -2.10. The topological polar surface area (TPSA) is 49.0 Å². The molecule has 0 radical (unpaired) electrons. The van der Waals surface area contributed by atoms with Crippen molar-refractivity contribution in [1.82, 2.24) is 14.1 Å². The molecule has 0 saturated heterocycles. The number of para-hydroxylation sites is 4. The Morgan fingerprint density at radius 3 is 1.21 bits per heavy atom. The van der Waals surface area contributed by atoms with Crippen LogP contribution in [0.15, 0.2) is 197 Å². The highest BCUT2D eigenvalue weighted by Crippen LogP contribution is 2.41. The number of pyridine rings is 1. The van der Waals surface area contributed by atoms with Crippen LogP contribution in [0.3, 0.4) is 0 Å². The largest absolute Gasteiger partial charge is 0.456 e. The molecule has 0 fully saturated rings. The molecule has 58 heavy (non-hydrogen) atoms. The maximum atomic E-state index is 6.43. The highest BCUT2D eigenvalue weighted by molar-refractivity contribution is 6.13. The predicted octanol–water partition coefficient (Wildman–Crippen LogP) is 14.4. The minimum atomic E-state index is 0.848. The first kappa shape index (κ1) is 31.3. The monoisotopic (exact) mass is 741 g/mol. The van der Waals surface area contributed by atoms with E-state index < -0.39 is 0 Å². The van der Waals surface area contributed by atoms with E-state index in [1.807, 2.05) is 12.3 Å². The minimum Gasteiger partial charge on any atom is -0.456 e. The van der Waals surface area contributed by atoms with Crippen molar-refractivity contribution in [3.63, 3.8) is 0 Å². The number of benzene rings is 8. The van der Waals surface area contributed by atoms with E-state index in [-0.39, 0.29) is 0 Å². The molecule has 0 aliphatic rings. The van der Waals surface area contributed by atoms with Crippen molar-refractivity contribution in [3.05, 3.63) is 188 Å². The Labute approximate surface area is 331 Å². The van der Waals surface area contributed by atoms with Gasteiger partial charge in [0.2, 0.25) is 0 Å². The number of fused-ring (bicyclic) bond motifs is 12. The van der Waals surface area contributed by atoms with Gasteiger partial charge in [-0.1, -0.05) is 84.9 Å². The van der Waals surface area contributed by atoms with Crippen molar-refractivity contribution in [3.8, 4) is 33.8 Å². The van der Waals surface area contributed by atoms with Crippen LogP contribution in [-0.2, 0) is 0 Å². The molecule has 5 heteroatoms. The zero-order valence-corrected chi connectivity index (χ0v) is 31.1. The second-order valence-electron chi connectivity index (χ2n) is 15.1. The van der Waals surface area contributed by atoms with E-state index in [9.17, 15) is 0 Å². The highest BCUT2D eigenvalue weighted by atomic mass is 16.3. The normalized spacial score (nSPS) is 12.1. The van der Waals surface area contributed by atoms with Crippen molar-refractivity contribution in [1.29, 1.82) is 0 Å². The summed E-state index contributed by atoms with van der Waals surface area (Å²) in [6.07, 6.45) is 1.88. The molecule has 0 unspecified atom stereocenters. The molecule has 0 atom stereocenters. The predicted molar refractivity (Wildman–Crippen MR) is 238 cm³/mol. The first-order valence-electron chi connectivity index (χ1n) is 19.6. The third kappa shape index (κ3) is 4.44. The Balaban J connectivity index is 0.948. The zero-order chi connectivity index (χ0) is 37.9. The molecule has 0 bridgehead atoms. The average Bonchev–Trinajstić information content (AvgIpc) is 4.03. The molecule has 0 aliphatic carbocycles. The van der Waals surface area contributed by atoms with Gasteiger partial charge in [-0.3, -0.25) is 4.98 Å². The van der Waals surface area contributed by atoms with Crippen LogP contribution in [0.25, 0.3) is 121 Å². The van der Waals surface area contributed by atoms with Crippen LogP contribution in [0, 0.1) is 0 Å². The maximum absolute atomic E-state index is 6.43. The van der Waals surface area contributed by atoms with Gasteiger partial charge in [0.1, 0.15) is 22.3 Å². The van der Waals surface area contributed by atoms with Gasteiger partial charge in [0.15, 0.2) is 0 Å². The van der Waals surface area contributed by atoms with E-state index in [0.29, 0.717) is 0 Å². The number of nitrogens with zero attached hydrogens (tertiary/aromatic N) is 3. The molecule has 5 aromatic heterocycles.